The standard InChI is InChI=1S/C19H18N6O7/c1-25-14-13(17(29)24-19(25)31)21-11(7-20-14)15(27)23-12(8-26)16(28)22-10-6-4-3-5-9(10)18(30)32-2/h3-7,12,26H,8H2,1-2H3,(H,22,28)(H,23,27)(H,24,29,31). The number of methoxy groups -OCH3 is 1. The number of carbonyl (C=O) groups is 3. The van der Waals surface area contributed by atoms with Crippen LogP contribution in [0.5, 0.6) is 0 Å². The van der Waals surface area contributed by atoms with Crippen molar-refractivity contribution in [3.63, 3.8) is 0 Å². The van der Waals surface area contributed by atoms with Crippen LogP contribution in [0.1, 0.15) is 20.8 Å². The minimum absolute atomic E-state index is 0.0360. The molecule has 2 aromatic heterocycles. The van der Waals surface area contributed by atoms with E-state index in [-0.39, 0.29) is 28.1 Å². The van der Waals surface area contributed by atoms with Crippen LogP contribution in [0.2, 0.25) is 0 Å². The quantitative estimate of drug-likeness (QED) is 0.331. The highest BCUT2D eigenvalue weighted by atomic mass is 16.5. The second-order valence-electron chi connectivity index (χ2n) is 6.48. The van der Waals surface area contributed by atoms with Crippen LogP contribution >= 0.6 is 0 Å². The van der Waals surface area contributed by atoms with Gasteiger partial charge in [-0.1, -0.05) is 12.1 Å². The van der Waals surface area contributed by atoms with Gasteiger partial charge in [-0.2, -0.15) is 0 Å². The predicted octanol–water partition coefficient (Wildman–Crippen LogP) is -1.47. The van der Waals surface area contributed by atoms with Crippen molar-refractivity contribution < 1.29 is 24.2 Å². The molecule has 1 aromatic carbocycles. The lowest BCUT2D eigenvalue weighted by atomic mass is 10.1. The van der Waals surface area contributed by atoms with Crippen molar-refractivity contribution in [1.29, 1.82) is 0 Å². The van der Waals surface area contributed by atoms with Gasteiger partial charge in [0.2, 0.25) is 5.91 Å². The van der Waals surface area contributed by atoms with Gasteiger partial charge in [0, 0.05) is 7.05 Å². The zero-order valence-corrected chi connectivity index (χ0v) is 16.9. The van der Waals surface area contributed by atoms with E-state index in [0.717, 1.165) is 10.8 Å². The van der Waals surface area contributed by atoms with Gasteiger partial charge in [-0.05, 0) is 12.1 Å². The highest BCUT2D eigenvalue weighted by molar-refractivity contribution is 6.04. The average Bonchev–Trinajstić information content (AvgIpc) is 2.80. The molecule has 0 fully saturated rings. The normalized spacial score (nSPS) is 11.6. The fraction of sp³-hybridized carbons (Fsp3) is 0.211. The van der Waals surface area contributed by atoms with E-state index in [0.29, 0.717) is 0 Å². The first-order valence-corrected chi connectivity index (χ1v) is 9.12. The van der Waals surface area contributed by atoms with E-state index in [1.165, 1.54) is 26.3 Å². The fourth-order valence-corrected chi connectivity index (χ4v) is 2.75. The second kappa shape index (κ2) is 9.18. The summed E-state index contributed by atoms with van der Waals surface area (Å²) in [4.78, 5) is 70.4. The summed E-state index contributed by atoms with van der Waals surface area (Å²) in [6.45, 7) is -0.770. The van der Waals surface area contributed by atoms with Gasteiger partial charge in [-0.15, -0.1) is 0 Å². The number of aromatic amines is 1. The van der Waals surface area contributed by atoms with E-state index in [2.05, 4.69) is 25.3 Å². The first-order valence-electron chi connectivity index (χ1n) is 9.12. The van der Waals surface area contributed by atoms with Gasteiger partial charge in [-0.25, -0.2) is 19.6 Å². The third-order valence-corrected chi connectivity index (χ3v) is 4.44. The first-order chi connectivity index (χ1) is 15.3. The predicted molar refractivity (Wildman–Crippen MR) is 110 cm³/mol. The molecule has 1 atom stereocenters. The maximum Gasteiger partial charge on any atom is 0.339 e. The third kappa shape index (κ3) is 4.37. The molecule has 0 saturated carbocycles. The largest absolute Gasteiger partial charge is 0.465 e. The molecule has 3 rings (SSSR count). The number of aliphatic hydroxyl groups excluding tert-OH is 1. The number of hydrogen-bond donors (Lipinski definition) is 4. The lowest BCUT2D eigenvalue weighted by Gasteiger charge is -2.17. The summed E-state index contributed by atoms with van der Waals surface area (Å²) in [5, 5.41) is 14.3. The number of aryl methyl sites for hydroxylation is 1. The van der Waals surface area contributed by atoms with Gasteiger partial charge in [0.15, 0.2) is 11.2 Å². The highest BCUT2D eigenvalue weighted by Gasteiger charge is 2.24. The number of ether oxygens (including phenoxy) is 1. The fourth-order valence-electron chi connectivity index (χ4n) is 2.75. The number of carbonyl (C=O) groups excluding carboxylic acids is 3. The van der Waals surface area contributed by atoms with Gasteiger partial charge in [0.25, 0.3) is 11.5 Å². The van der Waals surface area contributed by atoms with Gasteiger partial charge < -0.3 is 20.5 Å². The number of H-pyrrole nitrogens is 1. The summed E-state index contributed by atoms with van der Waals surface area (Å²) in [5.41, 5.74) is -1.93. The highest BCUT2D eigenvalue weighted by Crippen LogP contribution is 2.16. The summed E-state index contributed by atoms with van der Waals surface area (Å²) in [7, 11) is 2.55. The molecule has 1 unspecified atom stereocenters. The van der Waals surface area contributed by atoms with Crippen LogP contribution in [0.4, 0.5) is 5.69 Å². The van der Waals surface area contributed by atoms with Gasteiger partial charge in [-0.3, -0.25) is 23.9 Å². The number of para-hydroxylation sites is 1. The maximum atomic E-state index is 12.6. The van der Waals surface area contributed by atoms with E-state index in [1.807, 2.05) is 4.98 Å². The van der Waals surface area contributed by atoms with Gasteiger partial charge in [0.1, 0.15) is 11.7 Å². The minimum Gasteiger partial charge on any atom is -0.465 e. The van der Waals surface area contributed by atoms with Crippen LogP contribution in [0, 0.1) is 0 Å². The van der Waals surface area contributed by atoms with Crippen molar-refractivity contribution in [3.8, 4) is 0 Å². The molecule has 0 saturated heterocycles. The number of benzene rings is 1. The number of anilines is 1. The molecule has 2 amide bonds. The maximum absolute atomic E-state index is 12.6. The number of nitrogens with zero attached hydrogens (tertiary/aromatic N) is 3. The number of nitrogens with one attached hydrogen (secondary N) is 3. The van der Waals surface area contributed by atoms with Crippen LogP contribution in [0.25, 0.3) is 11.2 Å². The van der Waals surface area contributed by atoms with Crippen molar-refractivity contribution in [3.05, 3.63) is 62.6 Å². The third-order valence-electron chi connectivity index (χ3n) is 4.44. The van der Waals surface area contributed by atoms with Crippen LogP contribution < -0.4 is 21.9 Å². The van der Waals surface area contributed by atoms with E-state index < -0.39 is 41.7 Å². The van der Waals surface area contributed by atoms with Crippen molar-refractivity contribution in [2.75, 3.05) is 19.0 Å². The SMILES string of the molecule is COC(=O)c1ccccc1NC(=O)C(CO)NC(=O)c1cnc2c(n1)c(=O)[nH]c(=O)n2C. The Labute approximate surface area is 179 Å². The molecule has 166 valence electrons. The molecule has 0 aliphatic carbocycles. The molecular weight excluding hydrogens is 424 g/mol. The van der Waals surface area contributed by atoms with E-state index in [9.17, 15) is 29.1 Å². The Hall–Kier alpha value is -4.39. The average molecular weight is 442 g/mol. The van der Waals surface area contributed by atoms with E-state index >= 15 is 0 Å². The van der Waals surface area contributed by atoms with Crippen molar-refractivity contribution >= 4 is 34.6 Å². The minimum atomic E-state index is -1.41. The summed E-state index contributed by atoms with van der Waals surface area (Å²) < 4.78 is 5.70. The Kier molecular flexibility index (Phi) is 6.39. The first kappa shape index (κ1) is 22.3. The van der Waals surface area contributed by atoms with E-state index in [1.54, 1.807) is 12.1 Å². The number of hydrogen-bond acceptors (Lipinski definition) is 9. The summed E-state index contributed by atoms with van der Waals surface area (Å²) >= 11 is 0. The Balaban J connectivity index is 1.82. The van der Waals surface area contributed by atoms with Crippen LogP contribution in [-0.4, -0.2) is 62.2 Å². The molecule has 13 nitrogen and oxygen atoms in total. The molecule has 4 N–H and O–H groups in total. The number of aromatic nitrogens is 4. The zero-order chi connectivity index (χ0) is 23.4. The van der Waals surface area contributed by atoms with Crippen LogP contribution in [0.3, 0.4) is 0 Å². The lowest BCUT2D eigenvalue weighted by Crippen LogP contribution is -2.46. The number of esters is 1. The monoisotopic (exact) mass is 442 g/mol. The van der Waals surface area contributed by atoms with Crippen molar-refractivity contribution in [2.45, 2.75) is 6.04 Å². The zero-order valence-electron chi connectivity index (χ0n) is 16.9. The number of fused-ring (bicyclic) bond motifs is 1. The van der Waals surface area contributed by atoms with Crippen molar-refractivity contribution in [2.24, 2.45) is 7.05 Å². The Bertz CT molecular complexity index is 1330. The molecule has 13 heteroatoms. The second-order valence-corrected chi connectivity index (χ2v) is 6.48. The Morgan fingerprint density at radius 3 is 2.66 bits per heavy atom. The number of rotatable bonds is 6. The smallest absolute Gasteiger partial charge is 0.339 e. The molecule has 2 heterocycles. The molecule has 0 radical (unpaired) electrons. The molecular formula is C19H18N6O7. The molecule has 0 spiro atoms. The number of aliphatic hydroxyl groups is 1. The van der Waals surface area contributed by atoms with Crippen LogP contribution in [-0.2, 0) is 16.6 Å². The molecule has 0 bridgehead atoms. The molecule has 3 aromatic rings. The lowest BCUT2D eigenvalue weighted by molar-refractivity contribution is -0.118. The summed E-state index contributed by atoms with van der Waals surface area (Å²) in [6, 6.07) is 4.62. The Morgan fingerprint density at radius 2 is 1.97 bits per heavy atom. The molecule has 0 aliphatic heterocycles. The molecule has 0 aliphatic rings. The van der Waals surface area contributed by atoms with Crippen molar-refractivity contribution in [1.82, 2.24) is 24.8 Å². The van der Waals surface area contributed by atoms with Crippen LogP contribution in [0.15, 0.2) is 40.1 Å². The summed E-state index contributed by atoms with van der Waals surface area (Å²) in [6.07, 6.45) is 1.02. The van der Waals surface area contributed by atoms with Gasteiger partial charge in [0.05, 0.1) is 31.2 Å². The topological polar surface area (TPSA) is 185 Å². The molecule has 32 heavy (non-hydrogen) atoms. The number of amides is 2. The Morgan fingerprint density at radius 1 is 1.25 bits per heavy atom. The van der Waals surface area contributed by atoms with Gasteiger partial charge >= 0.3 is 11.7 Å². The summed E-state index contributed by atoms with van der Waals surface area (Å²) in [5.74, 6) is -2.40. The van der Waals surface area contributed by atoms with E-state index in [4.69, 9.17) is 0 Å².